The molecule has 0 saturated carbocycles. The zero-order valence-electron chi connectivity index (χ0n) is 6.99. The number of sulfone groups is 1. The first-order chi connectivity index (χ1) is 5.54. The van der Waals surface area contributed by atoms with Crippen LogP contribution in [-0.2, 0) is 9.84 Å². The average Bonchev–Trinajstić information content (AvgIpc) is 2.29. The minimum absolute atomic E-state index is 0.0206. The fraction of sp³-hybridized carbons (Fsp3) is 1.00. The fourth-order valence-corrected chi connectivity index (χ4v) is 3.91. The minimum Gasteiger partial charge on any atom is -0.396 e. The van der Waals surface area contributed by atoms with Gasteiger partial charge in [0.2, 0.25) is 0 Å². The minimum atomic E-state index is -2.88. The SMILES string of the molecule is NCC1(CCO)CCS(=O)(=O)C1. The van der Waals surface area contributed by atoms with Crippen LogP contribution in [0.2, 0.25) is 0 Å². The van der Waals surface area contributed by atoms with Gasteiger partial charge in [-0.1, -0.05) is 0 Å². The van der Waals surface area contributed by atoms with Crippen molar-refractivity contribution in [1.29, 1.82) is 0 Å². The van der Waals surface area contributed by atoms with Crippen molar-refractivity contribution in [1.82, 2.24) is 0 Å². The monoisotopic (exact) mass is 193 g/mol. The Morgan fingerprint density at radius 3 is 2.50 bits per heavy atom. The molecule has 1 heterocycles. The summed E-state index contributed by atoms with van der Waals surface area (Å²) in [6, 6.07) is 0. The van der Waals surface area contributed by atoms with Crippen LogP contribution in [0.4, 0.5) is 0 Å². The van der Waals surface area contributed by atoms with Gasteiger partial charge in [0.1, 0.15) is 0 Å². The molecule has 1 unspecified atom stereocenters. The predicted molar refractivity (Wildman–Crippen MR) is 46.5 cm³/mol. The van der Waals surface area contributed by atoms with Crippen LogP contribution in [0.15, 0.2) is 0 Å². The van der Waals surface area contributed by atoms with Crippen LogP contribution in [0.3, 0.4) is 0 Å². The zero-order valence-corrected chi connectivity index (χ0v) is 7.81. The van der Waals surface area contributed by atoms with Gasteiger partial charge in [-0.15, -0.1) is 0 Å². The van der Waals surface area contributed by atoms with Crippen molar-refractivity contribution in [2.45, 2.75) is 12.8 Å². The number of rotatable bonds is 3. The maximum Gasteiger partial charge on any atom is 0.150 e. The quantitative estimate of drug-likeness (QED) is 0.610. The lowest BCUT2D eigenvalue weighted by Crippen LogP contribution is -2.32. The van der Waals surface area contributed by atoms with E-state index >= 15 is 0 Å². The molecule has 1 aliphatic rings. The molecule has 5 heteroatoms. The van der Waals surface area contributed by atoms with Gasteiger partial charge in [-0.2, -0.15) is 0 Å². The molecule has 0 aromatic heterocycles. The molecule has 3 N–H and O–H groups in total. The summed E-state index contributed by atoms with van der Waals surface area (Å²) in [6.45, 7) is 0.375. The van der Waals surface area contributed by atoms with Gasteiger partial charge in [0.05, 0.1) is 11.5 Å². The van der Waals surface area contributed by atoms with Crippen molar-refractivity contribution >= 4 is 9.84 Å². The van der Waals surface area contributed by atoms with Gasteiger partial charge < -0.3 is 10.8 Å². The van der Waals surface area contributed by atoms with Crippen LogP contribution >= 0.6 is 0 Å². The van der Waals surface area contributed by atoms with Crippen LogP contribution in [0.25, 0.3) is 0 Å². The first-order valence-corrected chi connectivity index (χ1v) is 5.87. The van der Waals surface area contributed by atoms with E-state index in [1.54, 1.807) is 0 Å². The Hall–Kier alpha value is -0.130. The smallest absolute Gasteiger partial charge is 0.150 e. The predicted octanol–water partition coefficient (Wildman–Crippen LogP) is -0.868. The van der Waals surface area contributed by atoms with Crippen molar-refractivity contribution in [3.8, 4) is 0 Å². The molecule has 0 aromatic carbocycles. The molecule has 1 atom stereocenters. The lowest BCUT2D eigenvalue weighted by Gasteiger charge is -2.23. The summed E-state index contributed by atoms with van der Waals surface area (Å²) in [5, 5.41) is 8.74. The lowest BCUT2D eigenvalue weighted by molar-refractivity contribution is 0.206. The highest BCUT2D eigenvalue weighted by atomic mass is 32.2. The second-order valence-electron chi connectivity index (χ2n) is 3.52. The summed E-state index contributed by atoms with van der Waals surface area (Å²) in [6.07, 6.45) is 1.11. The molecular weight excluding hydrogens is 178 g/mol. The third kappa shape index (κ3) is 1.97. The Bertz CT molecular complexity index is 249. The Balaban J connectivity index is 2.72. The molecule has 0 aromatic rings. The molecule has 0 bridgehead atoms. The number of hydrogen-bond acceptors (Lipinski definition) is 4. The molecule has 0 amide bonds. The summed E-state index contributed by atoms with van der Waals surface area (Å²) in [5.74, 6) is 0.376. The van der Waals surface area contributed by atoms with Crippen molar-refractivity contribution in [3.63, 3.8) is 0 Å². The summed E-state index contributed by atoms with van der Waals surface area (Å²) >= 11 is 0. The van der Waals surface area contributed by atoms with Gasteiger partial charge in [-0.05, 0) is 24.8 Å². The first kappa shape index (κ1) is 9.95. The van der Waals surface area contributed by atoms with Gasteiger partial charge in [0, 0.05) is 6.61 Å². The van der Waals surface area contributed by atoms with Crippen LogP contribution in [0, 0.1) is 5.41 Å². The van der Waals surface area contributed by atoms with E-state index in [1.165, 1.54) is 0 Å². The van der Waals surface area contributed by atoms with Crippen LogP contribution in [-0.4, -0.2) is 38.2 Å². The molecule has 1 fully saturated rings. The maximum absolute atomic E-state index is 11.1. The molecule has 0 spiro atoms. The topological polar surface area (TPSA) is 80.4 Å². The standard InChI is InChI=1S/C7H15NO3S/c8-5-7(1-3-9)2-4-12(10,11)6-7/h9H,1-6,8H2. The Morgan fingerprint density at radius 1 is 1.50 bits per heavy atom. The zero-order chi connectivity index (χ0) is 9.24. The van der Waals surface area contributed by atoms with Gasteiger partial charge in [-0.25, -0.2) is 8.42 Å². The Morgan fingerprint density at radius 2 is 2.17 bits per heavy atom. The van der Waals surface area contributed by atoms with Crippen molar-refractivity contribution in [2.24, 2.45) is 11.1 Å². The summed E-state index contributed by atoms with van der Waals surface area (Å²) < 4.78 is 22.3. The molecule has 12 heavy (non-hydrogen) atoms. The Kier molecular flexibility index (Phi) is 2.75. The van der Waals surface area contributed by atoms with E-state index in [0.717, 1.165) is 0 Å². The fourth-order valence-electron chi connectivity index (χ4n) is 1.68. The summed E-state index contributed by atoms with van der Waals surface area (Å²) in [4.78, 5) is 0. The highest BCUT2D eigenvalue weighted by molar-refractivity contribution is 7.91. The van der Waals surface area contributed by atoms with Gasteiger partial charge >= 0.3 is 0 Å². The molecule has 0 aliphatic carbocycles. The average molecular weight is 193 g/mol. The number of hydrogen-bond donors (Lipinski definition) is 2. The maximum atomic E-state index is 11.1. The molecule has 72 valence electrons. The van der Waals surface area contributed by atoms with E-state index in [1.807, 2.05) is 0 Å². The number of aliphatic hydroxyl groups is 1. The van der Waals surface area contributed by atoms with E-state index in [9.17, 15) is 8.42 Å². The first-order valence-electron chi connectivity index (χ1n) is 4.05. The van der Waals surface area contributed by atoms with Crippen molar-refractivity contribution in [3.05, 3.63) is 0 Å². The van der Waals surface area contributed by atoms with E-state index in [4.69, 9.17) is 10.8 Å². The molecule has 4 nitrogen and oxygen atoms in total. The van der Waals surface area contributed by atoms with Crippen molar-refractivity contribution < 1.29 is 13.5 Å². The van der Waals surface area contributed by atoms with Crippen LogP contribution in [0.1, 0.15) is 12.8 Å². The molecule has 1 aliphatic heterocycles. The number of aliphatic hydroxyl groups excluding tert-OH is 1. The second-order valence-corrected chi connectivity index (χ2v) is 5.70. The van der Waals surface area contributed by atoms with Gasteiger partial charge in [-0.3, -0.25) is 0 Å². The second kappa shape index (κ2) is 3.32. The molecular formula is C7H15NO3S. The Labute approximate surface area is 72.7 Å². The van der Waals surface area contributed by atoms with Crippen molar-refractivity contribution in [2.75, 3.05) is 24.7 Å². The molecule has 1 rings (SSSR count). The molecule has 0 radical (unpaired) electrons. The normalized spacial score (nSPS) is 33.8. The van der Waals surface area contributed by atoms with Crippen LogP contribution in [0.5, 0.6) is 0 Å². The van der Waals surface area contributed by atoms with Gasteiger partial charge in [0.15, 0.2) is 9.84 Å². The summed E-state index contributed by atoms with van der Waals surface area (Å²) in [7, 11) is -2.88. The third-order valence-corrected chi connectivity index (χ3v) is 4.42. The lowest BCUT2D eigenvalue weighted by atomic mass is 9.84. The molecule has 1 saturated heterocycles. The van der Waals surface area contributed by atoms with E-state index in [-0.39, 0.29) is 23.5 Å². The largest absolute Gasteiger partial charge is 0.396 e. The highest BCUT2D eigenvalue weighted by Gasteiger charge is 2.40. The van der Waals surface area contributed by atoms with E-state index in [0.29, 0.717) is 19.4 Å². The van der Waals surface area contributed by atoms with Gasteiger partial charge in [0.25, 0.3) is 0 Å². The van der Waals surface area contributed by atoms with E-state index < -0.39 is 9.84 Å². The number of nitrogens with two attached hydrogens (primary N) is 1. The third-order valence-electron chi connectivity index (χ3n) is 2.54. The van der Waals surface area contributed by atoms with E-state index in [2.05, 4.69) is 0 Å². The van der Waals surface area contributed by atoms with Crippen LogP contribution < -0.4 is 5.73 Å². The summed E-state index contributed by atoms with van der Waals surface area (Å²) in [5.41, 5.74) is 5.16. The highest BCUT2D eigenvalue weighted by Crippen LogP contribution is 2.34.